The van der Waals surface area contributed by atoms with Gasteiger partial charge in [-0.2, -0.15) is 0 Å². The lowest BCUT2D eigenvalue weighted by atomic mass is 10.3. The molecule has 116 valence electrons. The zero-order valence-electron chi connectivity index (χ0n) is 10.9. The maximum atomic E-state index is 12.2. The molecule has 0 heterocycles. The molecule has 2 aromatic carbocycles. The highest BCUT2D eigenvalue weighted by molar-refractivity contribution is 14.1. The van der Waals surface area contributed by atoms with Gasteiger partial charge in [0.2, 0.25) is 0 Å². The number of carbonyl (C=O) groups is 1. The van der Waals surface area contributed by atoms with Crippen molar-refractivity contribution in [3.8, 4) is 17.2 Å². The van der Waals surface area contributed by atoms with Gasteiger partial charge in [-0.25, -0.2) is 0 Å². The Morgan fingerprint density at radius 1 is 1.00 bits per heavy atom. The summed E-state index contributed by atoms with van der Waals surface area (Å²) in [5.41, 5.74) is 0.584. The molecular weight excluding hydrogens is 414 g/mol. The largest absolute Gasteiger partial charge is 0.573 e. The van der Waals surface area contributed by atoms with Crippen molar-refractivity contribution < 1.29 is 27.4 Å². The van der Waals surface area contributed by atoms with Crippen molar-refractivity contribution in [2.24, 2.45) is 0 Å². The van der Waals surface area contributed by atoms with Crippen molar-refractivity contribution in [1.82, 2.24) is 0 Å². The number of hydrogen-bond donors (Lipinski definition) is 1. The first-order chi connectivity index (χ1) is 10.3. The molecular formula is C14H9F3INO3. The number of anilines is 1. The summed E-state index contributed by atoms with van der Waals surface area (Å²) in [6.45, 7) is 0. The number of halogens is 4. The van der Waals surface area contributed by atoms with E-state index in [1.54, 1.807) is 46.9 Å². The molecule has 0 saturated carbocycles. The van der Waals surface area contributed by atoms with Crippen molar-refractivity contribution in [2.45, 2.75) is 6.36 Å². The highest BCUT2D eigenvalue weighted by Gasteiger charge is 2.31. The number of carbonyl (C=O) groups excluding carboxylic acids is 1. The first-order valence-corrected chi connectivity index (χ1v) is 7.00. The van der Waals surface area contributed by atoms with E-state index in [1.807, 2.05) is 0 Å². The SMILES string of the molecule is O=C(I)Nc1ccc(Oc2cccc(OC(F)(F)F)c2)cc1. The lowest BCUT2D eigenvalue weighted by Gasteiger charge is -2.11. The Kier molecular flexibility index (Phi) is 5.11. The van der Waals surface area contributed by atoms with Crippen LogP contribution in [0.15, 0.2) is 48.5 Å². The van der Waals surface area contributed by atoms with Crippen molar-refractivity contribution >= 4 is 32.2 Å². The average molecular weight is 423 g/mol. The van der Waals surface area contributed by atoms with Gasteiger partial charge >= 0.3 is 6.36 Å². The Hall–Kier alpha value is -1.97. The molecule has 0 fully saturated rings. The van der Waals surface area contributed by atoms with Gasteiger partial charge in [-0.05, 0) is 36.4 Å². The molecule has 22 heavy (non-hydrogen) atoms. The molecule has 0 unspecified atom stereocenters. The number of hydrogen-bond acceptors (Lipinski definition) is 3. The van der Waals surface area contributed by atoms with Crippen LogP contribution in [0.3, 0.4) is 0 Å². The maximum absolute atomic E-state index is 12.2. The summed E-state index contributed by atoms with van der Waals surface area (Å²) in [5, 5.41) is 2.58. The third-order valence-electron chi connectivity index (χ3n) is 2.37. The Labute approximate surface area is 137 Å². The minimum absolute atomic E-state index is 0.201. The van der Waals surface area contributed by atoms with Crippen LogP contribution in [0.5, 0.6) is 17.2 Å². The minimum Gasteiger partial charge on any atom is -0.457 e. The maximum Gasteiger partial charge on any atom is 0.573 e. The second kappa shape index (κ2) is 6.86. The summed E-state index contributed by atoms with van der Waals surface area (Å²) >= 11 is 1.60. The van der Waals surface area contributed by atoms with Crippen LogP contribution in [0.4, 0.5) is 23.7 Å². The summed E-state index contributed by atoms with van der Waals surface area (Å²) < 4.78 is 45.5. The Morgan fingerprint density at radius 2 is 1.64 bits per heavy atom. The molecule has 0 spiro atoms. The normalized spacial score (nSPS) is 10.9. The number of benzene rings is 2. The lowest BCUT2D eigenvalue weighted by molar-refractivity contribution is -0.274. The molecule has 2 rings (SSSR count). The molecule has 0 radical (unpaired) electrons. The Morgan fingerprint density at radius 3 is 2.23 bits per heavy atom. The fraction of sp³-hybridized carbons (Fsp3) is 0.0714. The first-order valence-electron chi connectivity index (χ1n) is 5.92. The van der Waals surface area contributed by atoms with E-state index < -0.39 is 6.36 Å². The number of nitrogens with one attached hydrogen (secondary N) is 1. The standard InChI is InChI=1S/C14H9F3INO3/c15-14(16,17)22-12-3-1-2-11(8-12)21-10-6-4-9(5-7-10)19-13(18)20/h1-8H,(H,19,20). The van der Waals surface area contributed by atoms with Crippen LogP contribution in [0, 0.1) is 0 Å². The molecule has 0 aliphatic heterocycles. The third kappa shape index (κ3) is 5.43. The highest BCUT2D eigenvalue weighted by atomic mass is 127. The predicted octanol–water partition coefficient (Wildman–Crippen LogP) is 5.34. The number of alkyl halides is 3. The van der Waals surface area contributed by atoms with Gasteiger partial charge in [-0.3, -0.25) is 4.79 Å². The van der Waals surface area contributed by atoms with Crippen LogP contribution in [0.2, 0.25) is 0 Å². The minimum atomic E-state index is -4.75. The van der Waals surface area contributed by atoms with Gasteiger partial charge in [0, 0.05) is 34.3 Å². The van der Waals surface area contributed by atoms with Gasteiger partial charge in [0.1, 0.15) is 17.2 Å². The molecule has 0 bridgehead atoms. The second-order valence-electron chi connectivity index (χ2n) is 4.05. The molecule has 0 saturated heterocycles. The molecule has 2 aromatic rings. The quantitative estimate of drug-likeness (QED) is 0.410. The van der Waals surface area contributed by atoms with E-state index >= 15 is 0 Å². The van der Waals surface area contributed by atoms with Crippen molar-refractivity contribution in [2.75, 3.05) is 5.32 Å². The molecule has 1 amide bonds. The fourth-order valence-electron chi connectivity index (χ4n) is 1.59. The van der Waals surface area contributed by atoms with E-state index in [2.05, 4.69) is 10.1 Å². The molecule has 0 aliphatic carbocycles. The number of ether oxygens (including phenoxy) is 2. The van der Waals surface area contributed by atoms with E-state index in [0.717, 1.165) is 6.07 Å². The zero-order chi connectivity index (χ0) is 16.2. The van der Waals surface area contributed by atoms with Gasteiger partial charge in [0.15, 0.2) is 0 Å². The Balaban J connectivity index is 2.07. The van der Waals surface area contributed by atoms with Gasteiger partial charge in [-0.15, -0.1) is 13.2 Å². The molecule has 0 aromatic heterocycles. The van der Waals surface area contributed by atoms with Gasteiger partial charge in [-0.1, -0.05) is 6.07 Å². The molecule has 4 nitrogen and oxygen atoms in total. The monoisotopic (exact) mass is 423 g/mol. The first kappa shape index (κ1) is 16.4. The average Bonchev–Trinajstić information content (AvgIpc) is 2.39. The van der Waals surface area contributed by atoms with Crippen LogP contribution >= 0.6 is 22.6 Å². The van der Waals surface area contributed by atoms with E-state index in [-0.39, 0.29) is 15.4 Å². The summed E-state index contributed by atoms with van der Waals surface area (Å²) in [5.74, 6) is 0.252. The van der Waals surface area contributed by atoms with Crippen molar-refractivity contribution in [1.29, 1.82) is 0 Å². The summed E-state index contributed by atoms with van der Waals surface area (Å²) in [6.07, 6.45) is -4.75. The smallest absolute Gasteiger partial charge is 0.457 e. The summed E-state index contributed by atoms with van der Waals surface area (Å²) in [7, 11) is 0. The van der Waals surface area contributed by atoms with Gasteiger partial charge in [0.25, 0.3) is 3.91 Å². The fourth-order valence-corrected chi connectivity index (χ4v) is 1.90. The van der Waals surface area contributed by atoms with Crippen molar-refractivity contribution in [3.63, 3.8) is 0 Å². The lowest BCUT2D eigenvalue weighted by Crippen LogP contribution is -2.16. The van der Waals surface area contributed by atoms with E-state index in [0.29, 0.717) is 11.4 Å². The van der Waals surface area contributed by atoms with Crippen molar-refractivity contribution in [3.05, 3.63) is 48.5 Å². The summed E-state index contributed by atoms with van der Waals surface area (Å²) in [4.78, 5) is 10.9. The molecule has 1 N–H and O–H groups in total. The molecule has 0 aliphatic rings. The molecule has 0 atom stereocenters. The molecule has 8 heteroatoms. The van der Waals surface area contributed by atoms with Crippen LogP contribution in [-0.4, -0.2) is 10.3 Å². The summed E-state index contributed by atoms with van der Waals surface area (Å²) in [6, 6.07) is 11.6. The van der Waals surface area contributed by atoms with Crippen LogP contribution in [-0.2, 0) is 0 Å². The Bertz CT molecular complexity index is 659. The van der Waals surface area contributed by atoms with E-state index in [1.165, 1.54) is 18.2 Å². The predicted molar refractivity (Wildman–Crippen MR) is 82.7 cm³/mol. The third-order valence-corrected chi connectivity index (χ3v) is 2.64. The van der Waals surface area contributed by atoms with Gasteiger partial charge < -0.3 is 14.8 Å². The van der Waals surface area contributed by atoms with Crippen LogP contribution < -0.4 is 14.8 Å². The highest BCUT2D eigenvalue weighted by Crippen LogP contribution is 2.29. The number of amides is 1. The van der Waals surface area contributed by atoms with Crippen LogP contribution in [0.25, 0.3) is 0 Å². The van der Waals surface area contributed by atoms with Gasteiger partial charge in [0.05, 0.1) is 0 Å². The number of rotatable bonds is 4. The van der Waals surface area contributed by atoms with E-state index in [9.17, 15) is 18.0 Å². The second-order valence-corrected chi connectivity index (χ2v) is 5.03. The van der Waals surface area contributed by atoms with Crippen LogP contribution in [0.1, 0.15) is 0 Å². The van der Waals surface area contributed by atoms with E-state index in [4.69, 9.17) is 4.74 Å². The zero-order valence-corrected chi connectivity index (χ0v) is 13.0. The topological polar surface area (TPSA) is 47.6 Å².